The maximum Gasteiger partial charge on any atom is 0.158 e. The van der Waals surface area contributed by atoms with Gasteiger partial charge < -0.3 is 9.29 Å². The van der Waals surface area contributed by atoms with E-state index in [0.717, 1.165) is 41.9 Å². The second kappa shape index (κ2) is 8.47. The normalized spacial score (nSPS) is 25.4. The molecule has 1 unspecified atom stereocenters. The third kappa shape index (κ3) is 3.93. The van der Waals surface area contributed by atoms with Crippen molar-refractivity contribution in [2.45, 2.75) is 56.0 Å². The molecule has 0 saturated heterocycles. The van der Waals surface area contributed by atoms with Gasteiger partial charge in [0.1, 0.15) is 11.5 Å². The highest BCUT2D eigenvalue weighted by atomic mass is 32.2. The van der Waals surface area contributed by atoms with Gasteiger partial charge in [-0.15, -0.1) is 0 Å². The fourth-order valence-electron chi connectivity index (χ4n) is 3.79. The van der Waals surface area contributed by atoms with Crippen LogP contribution in [0.2, 0.25) is 0 Å². The van der Waals surface area contributed by atoms with Crippen molar-refractivity contribution in [1.29, 1.82) is 0 Å². The summed E-state index contributed by atoms with van der Waals surface area (Å²) < 4.78 is 18.7. The molecule has 0 aromatic heterocycles. The molecule has 1 aliphatic rings. The van der Waals surface area contributed by atoms with E-state index in [2.05, 4.69) is 43.4 Å². The van der Waals surface area contributed by atoms with Gasteiger partial charge in [0.15, 0.2) is 4.90 Å². The molecule has 1 aliphatic heterocycles. The lowest BCUT2D eigenvalue weighted by atomic mass is 9.88. The van der Waals surface area contributed by atoms with Gasteiger partial charge in [-0.3, -0.25) is 5.32 Å². The van der Waals surface area contributed by atoms with Gasteiger partial charge in [-0.05, 0) is 47.8 Å². The maximum absolute atomic E-state index is 13.2. The van der Waals surface area contributed by atoms with Crippen LogP contribution in [0.4, 0.5) is 0 Å². The van der Waals surface area contributed by atoms with Crippen LogP contribution < -0.4 is 10.1 Å². The van der Waals surface area contributed by atoms with Gasteiger partial charge in [0, 0.05) is 5.56 Å². The van der Waals surface area contributed by atoms with Crippen LogP contribution in [0.1, 0.15) is 56.7 Å². The van der Waals surface area contributed by atoms with E-state index in [9.17, 15) is 4.55 Å². The summed E-state index contributed by atoms with van der Waals surface area (Å²) in [6.07, 6.45) is 4.29. The minimum absolute atomic E-state index is 0.0181. The Balaban J connectivity index is 2.11. The molecular weight excluding hydrogens is 342 g/mol. The molecule has 0 radical (unpaired) electrons. The van der Waals surface area contributed by atoms with Gasteiger partial charge in [-0.1, -0.05) is 57.0 Å². The van der Waals surface area contributed by atoms with Gasteiger partial charge in [0.05, 0.1) is 18.7 Å². The summed E-state index contributed by atoms with van der Waals surface area (Å²) in [5.41, 5.74) is 2.16. The highest BCUT2D eigenvalue weighted by Crippen LogP contribution is 2.39. The molecule has 0 amide bonds. The second-order valence-electron chi connectivity index (χ2n) is 7.12. The standard InChI is InChI=1S/C22H29NO2S/c1-4-6-14-22(5-2)16-26(24)20-13-12-18(25-3)15-19(20)21(23-22)17-10-8-7-9-11-17/h7-13,15,21,23H,4-6,14,16H2,1-3H3/t21-,22+,26?/m1/s1. The third-order valence-electron chi connectivity index (χ3n) is 5.45. The number of ether oxygens (including phenoxy) is 1. The Morgan fingerprint density at radius 1 is 1.19 bits per heavy atom. The molecule has 26 heavy (non-hydrogen) atoms. The monoisotopic (exact) mass is 371 g/mol. The van der Waals surface area contributed by atoms with Crippen molar-refractivity contribution in [2.75, 3.05) is 12.9 Å². The molecule has 140 valence electrons. The number of hydrogen-bond acceptors (Lipinski definition) is 3. The van der Waals surface area contributed by atoms with Crippen molar-refractivity contribution in [3.8, 4) is 5.75 Å². The number of rotatable bonds is 6. The number of hydrogen-bond donors (Lipinski definition) is 1. The van der Waals surface area contributed by atoms with Gasteiger partial charge >= 0.3 is 0 Å². The van der Waals surface area contributed by atoms with E-state index in [1.807, 2.05) is 24.3 Å². The minimum Gasteiger partial charge on any atom is -0.611 e. The molecule has 3 rings (SSSR count). The molecular formula is C22H29NO2S. The van der Waals surface area contributed by atoms with Crippen molar-refractivity contribution in [1.82, 2.24) is 5.32 Å². The number of methoxy groups -OCH3 is 1. The quantitative estimate of drug-likeness (QED) is 0.739. The molecule has 2 aromatic carbocycles. The van der Waals surface area contributed by atoms with Crippen LogP contribution in [0.3, 0.4) is 0 Å². The third-order valence-corrected chi connectivity index (χ3v) is 7.13. The zero-order valence-corrected chi connectivity index (χ0v) is 16.8. The highest BCUT2D eigenvalue weighted by Gasteiger charge is 2.41. The highest BCUT2D eigenvalue weighted by molar-refractivity contribution is 7.91. The molecule has 0 fully saturated rings. The van der Waals surface area contributed by atoms with Crippen LogP contribution in [-0.2, 0) is 11.2 Å². The lowest BCUT2D eigenvalue weighted by Crippen LogP contribution is -2.50. The zero-order valence-electron chi connectivity index (χ0n) is 16.0. The van der Waals surface area contributed by atoms with Gasteiger partial charge in [-0.25, -0.2) is 0 Å². The van der Waals surface area contributed by atoms with Crippen molar-refractivity contribution >= 4 is 11.2 Å². The Kier molecular flexibility index (Phi) is 6.28. The summed E-state index contributed by atoms with van der Waals surface area (Å²) in [7, 11) is 1.68. The van der Waals surface area contributed by atoms with E-state index in [-0.39, 0.29) is 11.6 Å². The van der Waals surface area contributed by atoms with Crippen molar-refractivity contribution in [3.05, 3.63) is 59.7 Å². The average molecular weight is 372 g/mol. The minimum atomic E-state index is -1.03. The van der Waals surface area contributed by atoms with Crippen LogP contribution in [0.25, 0.3) is 0 Å². The largest absolute Gasteiger partial charge is 0.611 e. The summed E-state index contributed by atoms with van der Waals surface area (Å²) in [5, 5.41) is 3.92. The van der Waals surface area contributed by atoms with Crippen LogP contribution in [0.15, 0.2) is 53.4 Å². The molecule has 3 nitrogen and oxygen atoms in total. The maximum atomic E-state index is 13.2. The van der Waals surface area contributed by atoms with E-state index < -0.39 is 11.2 Å². The Morgan fingerprint density at radius 2 is 1.96 bits per heavy atom. The van der Waals surface area contributed by atoms with Crippen LogP contribution in [0, 0.1) is 0 Å². The molecule has 2 aromatic rings. The number of fused-ring (bicyclic) bond motifs is 1. The summed E-state index contributed by atoms with van der Waals surface area (Å²) >= 11 is -1.03. The fraction of sp³-hybridized carbons (Fsp3) is 0.455. The zero-order chi connectivity index (χ0) is 18.6. The number of benzene rings is 2. The van der Waals surface area contributed by atoms with Gasteiger partial charge in [-0.2, -0.15) is 0 Å². The number of nitrogens with one attached hydrogen (secondary N) is 1. The Hall–Kier alpha value is -1.49. The first-order valence-electron chi connectivity index (χ1n) is 9.51. The first-order valence-corrected chi connectivity index (χ1v) is 10.8. The summed E-state index contributed by atoms with van der Waals surface area (Å²) in [6.45, 7) is 4.42. The van der Waals surface area contributed by atoms with Crippen molar-refractivity contribution < 1.29 is 9.29 Å². The van der Waals surface area contributed by atoms with E-state index in [0.29, 0.717) is 5.75 Å². The lowest BCUT2D eigenvalue weighted by Gasteiger charge is -2.35. The van der Waals surface area contributed by atoms with Crippen LogP contribution in [0.5, 0.6) is 5.75 Å². The molecule has 0 bridgehead atoms. The van der Waals surface area contributed by atoms with Gasteiger partial charge in [0.25, 0.3) is 0 Å². The summed E-state index contributed by atoms with van der Waals surface area (Å²) in [5.74, 6) is 1.47. The molecule has 1 heterocycles. The van der Waals surface area contributed by atoms with E-state index in [1.165, 1.54) is 5.56 Å². The summed E-state index contributed by atoms with van der Waals surface area (Å²) in [6, 6.07) is 16.4. The Bertz CT molecular complexity index is 721. The second-order valence-corrected chi connectivity index (χ2v) is 8.54. The molecule has 0 saturated carbocycles. The Morgan fingerprint density at radius 3 is 2.62 bits per heavy atom. The van der Waals surface area contributed by atoms with E-state index in [4.69, 9.17) is 4.74 Å². The Labute approximate surface area is 160 Å². The molecule has 3 atom stereocenters. The van der Waals surface area contributed by atoms with Crippen LogP contribution >= 0.6 is 0 Å². The van der Waals surface area contributed by atoms with Crippen LogP contribution in [-0.4, -0.2) is 23.0 Å². The van der Waals surface area contributed by atoms with Crippen molar-refractivity contribution in [2.24, 2.45) is 0 Å². The predicted molar refractivity (Wildman–Crippen MR) is 108 cm³/mol. The van der Waals surface area contributed by atoms with E-state index >= 15 is 0 Å². The van der Waals surface area contributed by atoms with Gasteiger partial charge in [0.2, 0.25) is 0 Å². The smallest absolute Gasteiger partial charge is 0.158 e. The van der Waals surface area contributed by atoms with Crippen molar-refractivity contribution in [3.63, 3.8) is 0 Å². The number of unbranched alkanes of at least 4 members (excludes halogenated alkanes) is 1. The topological polar surface area (TPSA) is 44.3 Å². The lowest BCUT2D eigenvalue weighted by molar-refractivity contribution is 0.294. The summed E-state index contributed by atoms with van der Waals surface area (Å²) in [4.78, 5) is 0.930. The first kappa shape index (κ1) is 19.3. The molecule has 0 aliphatic carbocycles. The first-order chi connectivity index (χ1) is 12.6. The SMILES string of the molecule is CCCC[C@@]1(CC)C[S+]([O-])c2ccc(OC)cc2[C@@H](c2ccccc2)N1. The molecule has 4 heteroatoms. The van der Waals surface area contributed by atoms with E-state index in [1.54, 1.807) is 7.11 Å². The molecule has 1 N–H and O–H groups in total. The molecule has 0 spiro atoms. The average Bonchev–Trinajstić information content (AvgIpc) is 2.81. The fourth-order valence-corrected chi connectivity index (χ4v) is 5.54. The predicted octanol–water partition coefficient (Wildman–Crippen LogP) is 4.83.